The highest BCUT2D eigenvalue weighted by atomic mass is 16.3. The predicted molar refractivity (Wildman–Crippen MR) is 125 cm³/mol. The Morgan fingerprint density at radius 3 is 2.19 bits per heavy atom. The third-order valence-corrected chi connectivity index (χ3v) is 6.63. The van der Waals surface area contributed by atoms with Crippen LogP contribution in [-0.4, -0.2) is 20.1 Å². The molecule has 1 atom stereocenters. The summed E-state index contributed by atoms with van der Waals surface area (Å²) in [6.07, 6.45) is 8.72. The molecule has 1 N–H and O–H groups in total. The summed E-state index contributed by atoms with van der Waals surface area (Å²) in [6, 6.07) is 26.9. The van der Waals surface area contributed by atoms with Crippen molar-refractivity contribution >= 4 is 0 Å². The van der Waals surface area contributed by atoms with Crippen molar-refractivity contribution in [3.63, 3.8) is 0 Å². The molecule has 0 saturated heterocycles. The normalized spacial score (nSPS) is 16.5. The van der Waals surface area contributed by atoms with Gasteiger partial charge in [-0.25, -0.2) is 4.68 Å². The van der Waals surface area contributed by atoms with Crippen LogP contribution in [0.2, 0.25) is 0 Å². The monoisotopic (exact) mass is 417 g/mol. The highest BCUT2D eigenvalue weighted by molar-refractivity contribution is 5.80. The van der Waals surface area contributed by atoms with Gasteiger partial charge in [0.2, 0.25) is 0 Å². The maximum absolute atomic E-state index is 12.5. The number of hydrogen-bond acceptors (Lipinski definition) is 3. The molecule has 3 aromatic carbocycles. The van der Waals surface area contributed by atoms with Gasteiger partial charge in [0.1, 0.15) is 11.3 Å². The molecule has 0 aliphatic heterocycles. The van der Waals surface area contributed by atoms with Crippen LogP contribution < -0.4 is 0 Å². The second-order valence-corrected chi connectivity index (χ2v) is 8.49. The zero-order valence-corrected chi connectivity index (χ0v) is 17.6. The SMILES string of the molecule is OC(C1=CC=CC1)(c1cn(Cc2ccccc2)nn1)C1c2ccccc2-c2ccccc21. The Morgan fingerprint density at radius 1 is 0.875 bits per heavy atom. The minimum absolute atomic E-state index is 0.247. The molecule has 0 radical (unpaired) electrons. The number of fused-ring (bicyclic) bond motifs is 3. The van der Waals surface area contributed by atoms with Crippen molar-refractivity contribution in [2.24, 2.45) is 0 Å². The van der Waals surface area contributed by atoms with Gasteiger partial charge in [-0.15, -0.1) is 5.10 Å². The number of aromatic nitrogens is 3. The van der Waals surface area contributed by atoms with Crippen LogP contribution in [-0.2, 0) is 12.1 Å². The van der Waals surface area contributed by atoms with Gasteiger partial charge in [0.15, 0.2) is 0 Å². The van der Waals surface area contributed by atoms with Crippen molar-refractivity contribution in [3.8, 4) is 11.1 Å². The zero-order valence-electron chi connectivity index (χ0n) is 17.6. The lowest BCUT2D eigenvalue weighted by Gasteiger charge is -2.35. The number of hydrogen-bond donors (Lipinski definition) is 1. The fourth-order valence-electron chi connectivity index (χ4n) is 5.15. The highest BCUT2D eigenvalue weighted by Gasteiger charge is 2.49. The average molecular weight is 418 g/mol. The fourth-order valence-corrected chi connectivity index (χ4v) is 5.15. The van der Waals surface area contributed by atoms with Gasteiger partial charge in [-0.3, -0.25) is 0 Å². The molecule has 0 bridgehead atoms. The van der Waals surface area contributed by atoms with E-state index in [1.165, 1.54) is 11.1 Å². The van der Waals surface area contributed by atoms with Gasteiger partial charge in [-0.2, -0.15) is 0 Å². The first kappa shape index (κ1) is 19.0. The molecule has 4 heteroatoms. The Balaban J connectivity index is 1.50. The summed E-state index contributed by atoms with van der Waals surface area (Å²) >= 11 is 0. The second-order valence-electron chi connectivity index (χ2n) is 8.49. The van der Waals surface area contributed by atoms with Crippen LogP contribution in [0.15, 0.2) is 109 Å². The molecule has 0 amide bonds. The first-order chi connectivity index (χ1) is 15.7. The van der Waals surface area contributed by atoms with Crippen molar-refractivity contribution in [1.29, 1.82) is 0 Å². The molecule has 0 spiro atoms. The largest absolute Gasteiger partial charge is 0.378 e. The molecule has 156 valence electrons. The molecule has 1 unspecified atom stereocenters. The fraction of sp³-hybridized carbons (Fsp3) is 0.143. The summed E-state index contributed by atoms with van der Waals surface area (Å²) in [4.78, 5) is 0. The van der Waals surface area contributed by atoms with E-state index in [1.807, 2.05) is 53.4 Å². The van der Waals surface area contributed by atoms with Crippen molar-refractivity contribution < 1.29 is 5.11 Å². The lowest BCUT2D eigenvalue weighted by molar-refractivity contribution is 0.0532. The lowest BCUT2D eigenvalue weighted by atomic mass is 9.73. The Labute approximate surface area is 187 Å². The van der Waals surface area contributed by atoms with Crippen LogP contribution in [0.3, 0.4) is 0 Å². The zero-order chi connectivity index (χ0) is 21.5. The van der Waals surface area contributed by atoms with E-state index < -0.39 is 5.60 Å². The smallest absolute Gasteiger partial charge is 0.142 e. The molecule has 1 heterocycles. The average Bonchev–Trinajstić information content (AvgIpc) is 3.59. The molecule has 2 aliphatic rings. The molecule has 6 rings (SSSR count). The number of nitrogens with zero attached hydrogens (tertiary/aromatic N) is 3. The number of benzene rings is 3. The van der Waals surface area contributed by atoms with Gasteiger partial charge >= 0.3 is 0 Å². The van der Waals surface area contributed by atoms with E-state index in [0.717, 1.165) is 22.3 Å². The molecule has 4 nitrogen and oxygen atoms in total. The van der Waals surface area contributed by atoms with E-state index in [-0.39, 0.29) is 5.92 Å². The van der Waals surface area contributed by atoms with Crippen LogP contribution in [0.1, 0.15) is 34.7 Å². The van der Waals surface area contributed by atoms with Gasteiger partial charge < -0.3 is 5.11 Å². The standard InChI is InChI=1S/C28H23N3O/c32-28(21-12-4-5-13-21,26-19-31(30-29-26)18-20-10-2-1-3-11-20)27-24-16-8-6-14-22(24)23-15-7-9-17-25(23)27/h1-12,14-17,19,27,32H,13,18H2. The Kier molecular flexibility index (Phi) is 4.40. The molecule has 32 heavy (non-hydrogen) atoms. The lowest BCUT2D eigenvalue weighted by Crippen LogP contribution is -2.36. The molecule has 2 aliphatic carbocycles. The summed E-state index contributed by atoms with van der Waals surface area (Å²) in [5, 5.41) is 21.4. The molecule has 0 fully saturated rings. The van der Waals surface area contributed by atoms with Gasteiger partial charge in [0, 0.05) is 5.92 Å². The molecular formula is C28H23N3O. The van der Waals surface area contributed by atoms with E-state index in [1.54, 1.807) is 0 Å². The third-order valence-electron chi connectivity index (χ3n) is 6.63. The summed E-state index contributed by atoms with van der Waals surface area (Å²) in [5.74, 6) is -0.247. The number of allylic oxidation sites excluding steroid dienone is 3. The summed E-state index contributed by atoms with van der Waals surface area (Å²) in [7, 11) is 0. The Bertz CT molecular complexity index is 1310. The quantitative estimate of drug-likeness (QED) is 0.485. The third kappa shape index (κ3) is 2.88. The molecule has 1 aromatic heterocycles. The molecule has 4 aromatic rings. The van der Waals surface area contributed by atoms with E-state index in [4.69, 9.17) is 0 Å². The molecule has 0 saturated carbocycles. The van der Waals surface area contributed by atoms with Crippen LogP contribution in [0, 0.1) is 0 Å². The minimum atomic E-state index is -1.29. The van der Waals surface area contributed by atoms with E-state index in [2.05, 4.69) is 64.9 Å². The van der Waals surface area contributed by atoms with Gasteiger partial charge in [-0.05, 0) is 39.8 Å². The van der Waals surface area contributed by atoms with E-state index in [9.17, 15) is 5.11 Å². The number of aliphatic hydroxyl groups is 1. The Morgan fingerprint density at radius 2 is 1.53 bits per heavy atom. The van der Waals surface area contributed by atoms with Crippen molar-refractivity contribution in [2.45, 2.75) is 24.5 Å². The Hall–Kier alpha value is -3.76. The summed E-state index contributed by atoms with van der Waals surface area (Å²) in [6.45, 7) is 0.610. The van der Waals surface area contributed by atoms with Crippen molar-refractivity contribution in [1.82, 2.24) is 15.0 Å². The molecular weight excluding hydrogens is 394 g/mol. The van der Waals surface area contributed by atoms with Crippen LogP contribution in [0.4, 0.5) is 0 Å². The maximum atomic E-state index is 12.5. The number of rotatable bonds is 5. The highest BCUT2D eigenvalue weighted by Crippen LogP contribution is 2.55. The van der Waals surface area contributed by atoms with E-state index >= 15 is 0 Å². The summed E-state index contributed by atoms with van der Waals surface area (Å²) in [5.41, 5.74) is 5.99. The topological polar surface area (TPSA) is 50.9 Å². The van der Waals surface area contributed by atoms with Crippen molar-refractivity contribution in [2.75, 3.05) is 0 Å². The predicted octanol–water partition coefficient (Wildman–Crippen LogP) is 5.21. The minimum Gasteiger partial charge on any atom is -0.378 e. The summed E-state index contributed by atoms with van der Waals surface area (Å²) < 4.78 is 1.81. The first-order valence-electron chi connectivity index (χ1n) is 11.0. The van der Waals surface area contributed by atoms with Crippen LogP contribution in [0.5, 0.6) is 0 Å². The van der Waals surface area contributed by atoms with Gasteiger partial charge in [-0.1, -0.05) is 102 Å². The maximum Gasteiger partial charge on any atom is 0.142 e. The first-order valence-corrected chi connectivity index (χ1v) is 11.0. The van der Waals surface area contributed by atoms with Gasteiger partial charge in [0.05, 0.1) is 12.7 Å². The van der Waals surface area contributed by atoms with Crippen LogP contribution >= 0.6 is 0 Å². The van der Waals surface area contributed by atoms with Gasteiger partial charge in [0.25, 0.3) is 0 Å². The van der Waals surface area contributed by atoms with E-state index in [0.29, 0.717) is 18.7 Å². The second kappa shape index (κ2) is 7.43. The van der Waals surface area contributed by atoms with Crippen LogP contribution in [0.25, 0.3) is 11.1 Å². The van der Waals surface area contributed by atoms with Crippen molar-refractivity contribution in [3.05, 3.63) is 131 Å².